The number of halogens is 1. The number of β-amino-alcohol motifs (C(OH)–C–C–N with tert-alkyl or cyclic N) is 1. The minimum Gasteiger partial charge on any atom is -0.491 e. The van der Waals surface area contributed by atoms with E-state index in [1.54, 1.807) is 0 Å². The molecule has 0 aliphatic carbocycles. The van der Waals surface area contributed by atoms with Gasteiger partial charge in [-0.3, -0.25) is 0 Å². The van der Waals surface area contributed by atoms with Crippen molar-refractivity contribution in [2.45, 2.75) is 31.5 Å². The van der Waals surface area contributed by atoms with Gasteiger partial charge in [0.1, 0.15) is 18.5 Å². The predicted molar refractivity (Wildman–Crippen MR) is 104 cm³/mol. The maximum atomic E-state index is 10.9. The van der Waals surface area contributed by atoms with Crippen LogP contribution in [-0.4, -0.2) is 47.5 Å². The van der Waals surface area contributed by atoms with Crippen LogP contribution in [0.4, 0.5) is 0 Å². The van der Waals surface area contributed by atoms with Gasteiger partial charge in [0.15, 0.2) is 0 Å². The van der Waals surface area contributed by atoms with Gasteiger partial charge in [0, 0.05) is 24.7 Å². The molecule has 1 saturated heterocycles. The third-order valence-corrected chi connectivity index (χ3v) is 5.31. The van der Waals surface area contributed by atoms with Crippen molar-refractivity contribution in [3.63, 3.8) is 0 Å². The number of aryl methyl sites for hydroxylation is 1. The summed E-state index contributed by atoms with van der Waals surface area (Å²) in [6.07, 6.45) is 0.719. The lowest BCUT2D eigenvalue weighted by atomic mass is 9.84. The van der Waals surface area contributed by atoms with Gasteiger partial charge < -0.3 is 19.8 Å². The number of rotatable bonds is 6. The van der Waals surface area contributed by atoms with Crippen LogP contribution in [0.15, 0.2) is 48.5 Å². The van der Waals surface area contributed by atoms with E-state index in [0.717, 1.165) is 30.0 Å². The second-order valence-corrected chi connectivity index (χ2v) is 7.51. The van der Waals surface area contributed by atoms with Crippen LogP contribution in [0.5, 0.6) is 5.75 Å². The molecule has 2 aromatic rings. The predicted octanol–water partition coefficient (Wildman–Crippen LogP) is 3.37. The Kier molecular flexibility index (Phi) is 6.20. The molecule has 2 N–H and O–H groups in total. The summed E-state index contributed by atoms with van der Waals surface area (Å²) in [6.45, 7) is 4.27. The Bertz CT molecular complexity index is 711. The van der Waals surface area contributed by atoms with Crippen LogP contribution >= 0.6 is 11.6 Å². The molecular formula is C21H26ClNO3. The maximum absolute atomic E-state index is 10.9. The van der Waals surface area contributed by atoms with Gasteiger partial charge in [-0.05, 0) is 49.1 Å². The standard InChI is InChI=1S/C21H26ClNO3/c1-16-4-2-3-5-20(16)26-15-19(24)14-23-12-10-21(25,11-13-23)17-6-8-18(22)9-7-17/h2-9,19,24-25H,10-15H2,1H3. The van der Waals surface area contributed by atoms with E-state index in [1.165, 1.54) is 0 Å². The Morgan fingerprint density at radius 3 is 2.42 bits per heavy atom. The molecule has 0 bridgehead atoms. The summed E-state index contributed by atoms with van der Waals surface area (Å²) in [6, 6.07) is 15.2. The van der Waals surface area contributed by atoms with E-state index in [4.69, 9.17) is 16.3 Å². The van der Waals surface area contributed by atoms with Gasteiger partial charge in [0.25, 0.3) is 0 Å². The molecular weight excluding hydrogens is 350 g/mol. The molecule has 0 radical (unpaired) electrons. The molecule has 1 aliphatic heterocycles. The number of aliphatic hydroxyl groups is 2. The molecule has 5 heteroatoms. The SMILES string of the molecule is Cc1ccccc1OCC(O)CN1CCC(O)(c2ccc(Cl)cc2)CC1. The Labute approximate surface area is 160 Å². The fourth-order valence-electron chi connectivity index (χ4n) is 3.41. The van der Waals surface area contributed by atoms with Crippen LogP contribution in [0.25, 0.3) is 0 Å². The molecule has 0 amide bonds. The lowest BCUT2D eigenvalue weighted by molar-refractivity contribution is -0.0372. The first kappa shape index (κ1) is 19.2. The molecule has 0 aromatic heterocycles. The number of aliphatic hydroxyl groups excluding tert-OH is 1. The Morgan fingerprint density at radius 1 is 1.12 bits per heavy atom. The van der Waals surface area contributed by atoms with Gasteiger partial charge in [-0.2, -0.15) is 0 Å². The van der Waals surface area contributed by atoms with Gasteiger partial charge >= 0.3 is 0 Å². The van der Waals surface area contributed by atoms with Crippen molar-refractivity contribution in [3.8, 4) is 5.75 Å². The number of nitrogens with zero attached hydrogens (tertiary/aromatic N) is 1. The van der Waals surface area contributed by atoms with Crippen molar-refractivity contribution in [1.29, 1.82) is 0 Å². The fraction of sp³-hybridized carbons (Fsp3) is 0.429. The van der Waals surface area contributed by atoms with E-state index < -0.39 is 11.7 Å². The topological polar surface area (TPSA) is 52.9 Å². The van der Waals surface area contributed by atoms with E-state index in [0.29, 0.717) is 24.4 Å². The largest absolute Gasteiger partial charge is 0.491 e. The van der Waals surface area contributed by atoms with Crippen LogP contribution in [-0.2, 0) is 5.60 Å². The third kappa shape index (κ3) is 4.77. The summed E-state index contributed by atoms with van der Waals surface area (Å²) in [5, 5.41) is 21.9. The minimum absolute atomic E-state index is 0.267. The Morgan fingerprint density at radius 2 is 1.77 bits per heavy atom. The minimum atomic E-state index is -0.816. The van der Waals surface area contributed by atoms with Crippen LogP contribution < -0.4 is 4.74 Å². The molecule has 1 heterocycles. The number of likely N-dealkylation sites (tertiary alicyclic amines) is 1. The zero-order valence-electron chi connectivity index (χ0n) is 15.1. The summed E-state index contributed by atoms with van der Waals surface area (Å²) in [4.78, 5) is 2.18. The normalized spacial score (nSPS) is 18.5. The van der Waals surface area contributed by atoms with E-state index >= 15 is 0 Å². The Hall–Kier alpha value is -1.59. The van der Waals surface area contributed by atoms with Crippen molar-refractivity contribution in [2.24, 2.45) is 0 Å². The first-order chi connectivity index (χ1) is 12.5. The molecule has 0 spiro atoms. The summed E-state index contributed by atoms with van der Waals surface area (Å²) in [7, 11) is 0. The molecule has 2 aromatic carbocycles. The Balaban J connectivity index is 1.47. The lowest BCUT2D eigenvalue weighted by Gasteiger charge is -2.39. The quantitative estimate of drug-likeness (QED) is 0.812. The number of benzene rings is 2. The second-order valence-electron chi connectivity index (χ2n) is 7.07. The molecule has 0 saturated carbocycles. The molecule has 140 valence electrons. The summed E-state index contributed by atoms with van der Waals surface area (Å²) < 4.78 is 5.72. The third-order valence-electron chi connectivity index (χ3n) is 5.06. The lowest BCUT2D eigenvalue weighted by Crippen LogP contribution is -2.46. The highest BCUT2D eigenvalue weighted by molar-refractivity contribution is 6.30. The molecule has 3 rings (SSSR count). The van der Waals surface area contributed by atoms with Gasteiger partial charge in [-0.1, -0.05) is 41.9 Å². The second kappa shape index (κ2) is 8.40. The van der Waals surface area contributed by atoms with Gasteiger partial charge in [-0.15, -0.1) is 0 Å². The highest BCUT2D eigenvalue weighted by Crippen LogP contribution is 2.33. The molecule has 4 nitrogen and oxygen atoms in total. The highest BCUT2D eigenvalue weighted by Gasteiger charge is 2.34. The van der Waals surface area contributed by atoms with Crippen molar-refractivity contribution in [1.82, 2.24) is 4.90 Å². The summed E-state index contributed by atoms with van der Waals surface area (Å²) in [5.41, 5.74) is 1.15. The van der Waals surface area contributed by atoms with E-state index in [2.05, 4.69) is 4.90 Å². The summed E-state index contributed by atoms with van der Waals surface area (Å²) in [5.74, 6) is 0.808. The number of ether oxygens (including phenoxy) is 1. The van der Waals surface area contributed by atoms with Crippen LogP contribution in [0.3, 0.4) is 0 Å². The van der Waals surface area contributed by atoms with Crippen LogP contribution in [0.2, 0.25) is 5.02 Å². The number of para-hydroxylation sites is 1. The first-order valence-electron chi connectivity index (χ1n) is 9.03. The van der Waals surface area contributed by atoms with Crippen molar-refractivity contribution >= 4 is 11.6 Å². The van der Waals surface area contributed by atoms with Crippen molar-refractivity contribution < 1.29 is 14.9 Å². The zero-order valence-corrected chi connectivity index (χ0v) is 15.8. The van der Waals surface area contributed by atoms with Gasteiger partial charge in [0.2, 0.25) is 0 Å². The molecule has 1 unspecified atom stereocenters. The monoisotopic (exact) mass is 375 g/mol. The van der Waals surface area contributed by atoms with Crippen LogP contribution in [0.1, 0.15) is 24.0 Å². The number of hydrogen-bond donors (Lipinski definition) is 2. The zero-order chi connectivity index (χ0) is 18.6. The molecule has 1 fully saturated rings. The van der Waals surface area contributed by atoms with Gasteiger partial charge in [0.05, 0.1) is 5.60 Å². The van der Waals surface area contributed by atoms with Crippen molar-refractivity contribution in [2.75, 3.05) is 26.2 Å². The van der Waals surface area contributed by atoms with Crippen LogP contribution in [0, 0.1) is 6.92 Å². The smallest absolute Gasteiger partial charge is 0.122 e. The first-order valence-corrected chi connectivity index (χ1v) is 9.41. The highest BCUT2D eigenvalue weighted by atomic mass is 35.5. The average Bonchev–Trinajstić information content (AvgIpc) is 2.64. The van der Waals surface area contributed by atoms with Crippen molar-refractivity contribution in [3.05, 3.63) is 64.7 Å². The fourth-order valence-corrected chi connectivity index (χ4v) is 3.54. The average molecular weight is 376 g/mol. The van der Waals surface area contributed by atoms with Gasteiger partial charge in [-0.25, -0.2) is 0 Å². The molecule has 1 atom stereocenters. The maximum Gasteiger partial charge on any atom is 0.122 e. The van der Waals surface area contributed by atoms with E-state index in [-0.39, 0.29) is 6.61 Å². The summed E-state index contributed by atoms with van der Waals surface area (Å²) >= 11 is 5.93. The number of hydrogen-bond acceptors (Lipinski definition) is 4. The van der Waals surface area contributed by atoms with E-state index in [1.807, 2.05) is 55.5 Å². The van der Waals surface area contributed by atoms with E-state index in [9.17, 15) is 10.2 Å². The number of piperidine rings is 1. The molecule has 26 heavy (non-hydrogen) atoms. The molecule has 1 aliphatic rings.